The smallest absolute Gasteiger partial charge is 0.241 e. The fraction of sp³-hybridized carbons (Fsp3) is 0.350. The highest BCUT2D eigenvalue weighted by molar-refractivity contribution is 7.89. The third-order valence-electron chi connectivity index (χ3n) is 4.72. The molecule has 0 radical (unpaired) electrons. The Morgan fingerprint density at radius 1 is 1.14 bits per heavy atom. The number of nitrogens with zero attached hydrogens (tertiary/aromatic N) is 1. The first kappa shape index (κ1) is 20.2. The molecule has 3 rings (SSSR count). The zero-order valence-corrected chi connectivity index (χ0v) is 16.8. The zero-order valence-electron chi connectivity index (χ0n) is 16.0. The number of ether oxygens (including phenoxy) is 1. The Balaban J connectivity index is 1.58. The lowest BCUT2D eigenvalue weighted by molar-refractivity contribution is -0.131. The van der Waals surface area contributed by atoms with Crippen LogP contribution in [0.1, 0.15) is 13.3 Å². The molecule has 0 aromatic heterocycles. The van der Waals surface area contributed by atoms with Crippen LogP contribution in [0.4, 0.5) is 5.69 Å². The molecule has 1 aliphatic rings. The van der Waals surface area contributed by atoms with Crippen LogP contribution in [0.5, 0.6) is 5.75 Å². The molecular formula is C20H25N3O4S. The Hall–Kier alpha value is -2.58. The van der Waals surface area contributed by atoms with E-state index in [0.717, 1.165) is 12.1 Å². The Labute approximate surface area is 165 Å². The Bertz CT molecular complexity index is 901. The number of carbonyl (C=O) groups is 1. The molecule has 1 saturated heterocycles. The van der Waals surface area contributed by atoms with Crippen LogP contribution in [0, 0.1) is 0 Å². The molecule has 1 amide bonds. The summed E-state index contributed by atoms with van der Waals surface area (Å²) in [6.07, 6.45) is 0.818. The molecule has 1 heterocycles. The number of carbonyl (C=O) groups excluding carboxylic acids is 1. The highest BCUT2D eigenvalue weighted by Crippen LogP contribution is 2.18. The first-order valence-electron chi connectivity index (χ1n) is 9.16. The van der Waals surface area contributed by atoms with E-state index in [2.05, 4.69) is 10.0 Å². The van der Waals surface area contributed by atoms with Crippen LogP contribution in [-0.2, 0) is 14.8 Å². The van der Waals surface area contributed by atoms with Crippen molar-refractivity contribution in [2.75, 3.05) is 25.5 Å². The van der Waals surface area contributed by atoms with E-state index < -0.39 is 16.1 Å². The molecule has 0 spiro atoms. The monoisotopic (exact) mass is 403 g/mol. The Morgan fingerprint density at radius 2 is 1.82 bits per heavy atom. The number of anilines is 1. The van der Waals surface area contributed by atoms with E-state index in [0.29, 0.717) is 18.8 Å². The molecule has 0 bridgehead atoms. The number of amides is 1. The van der Waals surface area contributed by atoms with Gasteiger partial charge in [-0.05, 0) is 49.7 Å². The zero-order chi connectivity index (χ0) is 20.1. The highest BCUT2D eigenvalue weighted by atomic mass is 32.2. The summed E-state index contributed by atoms with van der Waals surface area (Å²) in [7, 11) is -2.28. The SMILES string of the molecule is COc1ccc(S(=O)(=O)N[C@@H](C)C(=O)N2CCC(Nc3ccccc3)C2)cc1. The van der Waals surface area contributed by atoms with E-state index >= 15 is 0 Å². The largest absolute Gasteiger partial charge is 0.497 e. The summed E-state index contributed by atoms with van der Waals surface area (Å²) in [5.41, 5.74) is 1.01. The van der Waals surface area contributed by atoms with Crippen LogP contribution in [-0.4, -0.2) is 51.5 Å². The summed E-state index contributed by atoms with van der Waals surface area (Å²) < 4.78 is 32.6. The van der Waals surface area contributed by atoms with Crippen molar-refractivity contribution < 1.29 is 17.9 Å². The number of hydrogen-bond donors (Lipinski definition) is 2. The third kappa shape index (κ3) is 4.82. The van der Waals surface area contributed by atoms with Gasteiger partial charge in [-0.3, -0.25) is 4.79 Å². The summed E-state index contributed by atoms with van der Waals surface area (Å²) in [6, 6.07) is 15.2. The average molecular weight is 404 g/mol. The van der Waals surface area contributed by atoms with Gasteiger partial charge in [-0.15, -0.1) is 0 Å². The van der Waals surface area contributed by atoms with E-state index in [1.165, 1.54) is 19.2 Å². The van der Waals surface area contributed by atoms with Crippen LogP contribution in [0.15, 0.2) is 59.5 Å². The average Bonchev–Trinajstić information content (AvgIpc) is 3.16. The van der Waals surface area contributed by atoms with E-state index in [9.17, 15) is 13.2 Å². The molecule has 7 nitrogen and oxygen atoms in total. The van der Waals surface area contributed by atoms with Crippen molar-refractivity contribution in [3.63, 3.8) is 0 Å². The summed E-state index contributed by atoms with van der Waals surface area (Å²) in [4.78, 5) is 14.5. The van der Waals surface area contributed by atoms with E-state index in [4.69, 9.17) is 4.74 Å². The molecule has 1 aliphatic heterocycles. The lowest BCUT2D eigenvalue weighted by atomic mass is 10.2. The lowest BCUT2D eigenvalue weighted by Crippen LogP contribution is -2.46. The van der Waals surface area contributed by atoms with Gasteiger partial charge in [0.2, 0.25) is 15.9 Å². The van der Waals surface area contributed by atoms with Crippen LogP contribution in [0.3, 0.4) is 0 Å². The van der Waals surface area contributed by atoms with Gasteiger partial charge in [-0.1, -0.05) is 18.2 Å². The molecule has 2 aromatic carbocycles. The maximum atomic E-state index is 12.7. The van der Waals surface area contributed by atoms with Gasteiger partial charge in [0.15, 0.2) is 0 Å². The van der Waals surface area contributed by atoms with Crippen molar-refractivity contribution in [3.05, 3.63) is 54.6 Å². The molecule has 150 valence electrons. The number of benzene rings is 2. The molecular weight excluding hydrogens is 378 g/mol. The maximum Gasteiger partial charge on any atom is 0.241 e. The third-order valence-corrected chi connectivity index (χ3v) is 6.27. The fourth-order valence-electron chi connectivity index (χ4n) is 3.23. The number of para-hydroxylation sites is 1. The number of hydrogen-bond acceptors (Lipinski definition) is 5. The van der Waals surface area contributed by atoms with Gasteiger partial charge in [0.25, 0.3) is 0 Å². The van der Waals surface area contributed by atoms with E-state index in [1.807, 2.05) is 30.3 Å². The summed E-state index contributed by atoms with van der Waals surface area (Å²) in [5.74, 6) is 0.339. The highest BCUT2D eigenvalue weighted by Gasteiger charge is 2.31. The van der Waals surface area contributed by atoms with Crippen molar-refractivity contribution in [1.82, 2.24) is 9.62 Å². The van der Waals surface area contributed by atoms with Crippen molar-refractivity contribution >= 4 is 21.6 Å². The second kappa shape index (κ2) is 8.62. The predicted octanol–water partition coefficient (Wildman–Crippen LogP) is 2.07. The number of nitrogens with one attached hydrogen (secondary N) is 2. The molecule has 0 saturated carbocycles. The molecule has 2 aromatic rings. The van der Waals surface area contributed by atoms with E-state index in [1.54, 1.807) is 24.0 Å². The molecule has 1 fully saturated rings. The van der Waals surface area contributed by atoms with Gasteiger partial charge >= 0.3 is 0 Å². The fourth-order valence-corrected chi connectivity index (χ4v) is 4.42. The van der Waals surface area contributed by atoms with Crippen LogP contribution < -0.4 is 14.8 Å². The molecule has 2 N–H and O–H groups in total. The maximum absolute atomic E-state index is 12.7. The van der Waals surface area contributed by atoms with Crippen molar-refractivity contribution in [2.24, 2.45) is 0 Å². The standard InChI is InChI=1S/C20H25N3O4S/c1-15(22-28(25,26)19-10-8-18(27-2)9-11-19)20(24)23-13-12-17(14-23)21-16-6-4-3-5-7-16/h3-11,15,17,21-22H,12-14H2,1-2H3/t15-,17?/m0/s1. The number of methoxy groups -OCH3 is 1. The van der Waals surface area contributed by atoms with Crippen molar-refractivity contribution in [2.45, 2.75) is 30.3 Å². The van der Waals surface area contributed by atoms with Gasteiger partial charge in [0, 0.05) is 24.8 Å². The van der Waals surface area contributed by atoms with Gasteiger partial charge in [0.1, 0.15) is 5.75 Å². The second-order valence-corrected chi connectivity index (χ2v) is 8.51. The lowest BCUT2D eigenvalue weighted by Gasteiger charge is -2.22. The molecule has 8 heteroatoms. The normalized spacial score (nSPS) is 17.9. The number of sulfonamides is 1. The van der Waals surface area contributed by atoms with Crippen LogP contribution in [0.2, 0.25) is 0 Å². The Morgan fingerprint density at radius 3 is 2.46 bits per heavy atom. The molecule has 0 aliphatic carbocycles. The van der Waals surface area contributed by atoms with Gasteiger partial charge in [0.05, 0.1) is 18.0 Å². The Kier molecular flexibility index (Phi) is 6.21. The summed E-state index contributed by atoms with van der Waals surface area (Å²) in [5, 5.41) is 3.41. The van der Waals surface area contributed by atoms with Gasteiger partial charge < -0.3 is 15.0 Å². The minimum atomic E-state index is -3.79. The first-order chi connectivity index (χ1) is 13.4. The molecule has 1 unspecified atom stereocenters. The number of likely N-dealkylation sites (tertiary alicyclic amines) is 1. The predicted molar refractivity (Wildman–Crippen MR) is 108 cm³/mol. The van der Waals surface area contributed by atoms with Crippen LogP contribution >= 0.6 is 0 Å². The van der Waals surface area contributed by atoms with Crippen molar-refractivity contribution in [1.29, 1.82) is 0 Å². The summed E-state index contributed by atoms with van der Waals surface area (Å²) >= 11 is 0. The van der Waals surface area contributed by atoms with Crippen molar-refractivity contribution in [3.8, 4) is 5.75 Å². The van der Waals surface area contributed by atoms with Gasteiger partial charge in [-0.2, -0.15) is 4.72 Å². The van der Waals surface area contributed by atoms with Gasteiger partial charge in [-0.25, -0.2) is 8.42 Å². The second-order valence-electron chi connectivity index (χ2n) is 6.80. The van der Waals surface area contributed by atoms with Crippen LogP contribution in [0.25, 0.3) is 0 Å². The quantitative estimate of drug-likeness (QED) is 0.739. The minimum absolute atomic E-state index is 0.0954. The molecule has 28 heavy (non-hydrogen) atoms. The topological polar surface area (TPSA) is 87.7 Å². The van der Waals surface area contributed by atoms with E-state index in [-0.39, 0.29) is 16.8 Å². The number of rotatable bonds is 7. The summed E-state index contributed by atoms with van der Waals surface area (Å²) in [6.45, 7) is 2.71. The molecule has 2 atom stereocenters. The minimum Gasteiger partial charge on any atom is -0.497 e. The first-order valence-corrected chi connectivity index (χ1v) is 10.6.